The van der Waals surface area contributed by atoms with E-state index in [9.17, 15) is 4.79 Å². The molecule has 0 unspecified atom stereocenters. The summed E-state index contributed by atoms with van der Waals surface area (Å²) in [6.07, 6.45) is 0.375. The molecule has 1 heterocycles. The molecule has 3 aromatic carbocycles. The first-order valence-corrected chi connectivity index (χ1v) is 12.3. The second-order valence-corrected chi connectivity index (χ2v) is 9.62. The number of benzene rings is 3. The normalized spacial score (nSPS) is 19.1. The lowest BCUT2D eigenvalue weighted by Gasteiger charge is -2.33. The van der Waals surface area contributed by atoms with Gasteiger partial charge in [-0.05, 0) is 47.5 Å². The van der Waals surface area contributed by atoms with Gasteiger partial charge in [-0.2, -0.15) is 0 Å². The number of hydrogen-bond donors (Lipinski definition) is 1. The SMILES string of the molecule is CN(C)C(=O)[C@]1(Cc2ccccc2)N=C(c2ccc(OCCCO)cc2)O[C@@H]1c1ccc(Br)cc1. The van der Waals surface area contributed by atoms with Gasteiger partial charge in [0.2, 0.25) is 5.90 Å². The summed E-state index contributed by atoms with van der Waals surface area (Å²) in [5, 5.41) is 8.96. The molecule has 3 aromatic rings. The molecule has 6 nitrogen and oxygen atoms in total. The van der Waals surface area contributed by atoms with Crippen molar-refractivity contribution < 1.29 is 19.4 Å². The molecule has 35 heavy (non-hydrogen) atoms. The number of halogens is 1. The maximum absolute atomic E-state index is 13.8. The van der Waals surface area contributed by atoms with Crippen LogP contribution < -0.4 is 4.74 Å². The molecule has 1 N–H and O–H groups in total. The number of carbonyl (C=O) groups excluding carboxylic acids is 1. The monoisotopic (exact) mass is 536 g/mol. The molecular weight excluding hydrogens is 508 g/mol. The zero-order valence-electron chi connectivity index (χ0n) is 19.9. The Morgan fingerprint density at radius 2 is 1.74 bits per heavy atom. The van der Waals surface area contributed by atoms with E-state index >= 15 is 0 Å². The number of likely N-dealkylation sites (N-methyl/N-ethyl adjacent to an activating group) is 1. The zero-order valence-corrected chi connectivity index (χ0v) is 21.4. The first-order chi connectivity index (χ1) is 16.9. The largest absolute Gasteiger partial charge is 0.494 e. The van der Waals surface area contributed by atoms with Crippen molar-refractivity contribution in [2.24, 2.45) is 4.99 Å². The Labute approximate surface area is 214 Å². The van der Waals surface area contributed by atoms with Crippen molar-refractivity contribution in [3.05, 3.63) is 100 Å². The van der Waals surface area contributed by atoms with Gasteiger partial charge in [-0.3, -0.25) is 4.79 Å². The van der Waals surface area contributed by atoms with Crippen LogP contribution in [0.4, 0.5) is 0 Å². The van der Waals surface area contributed by atoms with Crippen LogP contribution in [-0.4, -0.2) is 54.7 Å². The lowest BCUT2D eigenvalue weighted by Crippen LogP contribution is -2.49. The van der Waals surface area contributed by atoms with E-state index < -0.39 is 11.6 Å². The highest BCUT2D eigenvalue weighted by molar-refractivity contribution is 9.10. The first kappa shape index (κ1) is 24.9. The van der Waals surface area contributed by atoms with Crippen molar-refractivity contribution in [1.82, 2.24) is 4.90 Å². The highest BCUT2D eigenvalue weighted by Crippen LogP contribution is 2.43. The van der Waals surface area contributed by atoms with E-state index in [4.69, 9.17) is 19.6 Å². The highest BCUT2D eigenvalue weighted by atomic mass is 79.9. The number of hydrogen-bond acceptors (Lipinski definition) is 5. The Morgan fingerprint density at radius 3 is 2.37 bits per heavy atom. The molecule has 0 saturated carbocycles. The summed E-state index contributed by atoms with van der Waals surface area (Å²) < 4.78 is 13.1. The third-order valence-electron chi connectivity index (χ3n) is 5.90. The number of aliphatic hydroxyl groups is 1. The fourth-order valence-electron chi connectivity index (χ4n) is 4.20. The molecule has 7 heteroatoms. The maximum Gasteiger partial charge on any atom is 0.254 e. The topological polar surface area (TPSA) is 71.4 Å². The Morgan fingerprint density at radius 1 is 1.06 bits per heavy atom. The summed E-state index contributed by atoms with van der Waals surface area (Å²) in [6.45, 7) is 0.528. The number of ether oxygens (including phenoxy) is 2. The number of aliphatic hydroxyl groups excluding tert-OH is 1. The molecule has 182 valence electrons. The average molecular weight is 537 g/mol. The minimum atomic E-state index is -1.16. The van der Waals surface area contributed by atoms with Crippen molar-refractivity contribution >= 4 is 27.7 Å². The molecule has 0 radical (unpaired) electrons. The predicted octanol–water partition coefficient (Wildman–Crippen LogP) is 4.80. The molecule has 1 aliphatic rings. The van der Waals surface area contributed by atoms with Gasteiger partial charge in [-0.25, -0.2) is 4.99 Å². The first-order valence-electron chi connectivity index (χ1n) is 11.5. The van der Waals surface area contributed by atoms with Gasteiger partial charge in [0.15, 0.2) is 11.6 Å². The van der Waals surface area contributed by atoms with Gasteiger partial charge in [-0.1, -0.05) is 58.4 Å². The van der Waals surface area contributed by atoms with E-state index in [1.54, 1.807) is 19.0 Å². The molecule has 1 aliphatic heterocycles. The molecule has 0 spiro atoms. The highest BCUT2D eigenvalue weighted by Gasteiger charge is 2.53. The second kappa shape index (κ2) is 11.1. The summed E-state index contributed by atoms with van der Waals surface area (Å²) in [6, 6.07) is 25.2. The van der Waals surface area contributed by atoms with E-state index in [1.165, 1.54) is 0 Å². The molecule has 0 aromatic heterocycles. The number of carbonyl (C=O) groups is 1. The summed E-state index contributed by atoms with van der Waals surface area (Å²) in [4.78, 5) is 20.4. The standard InChI is InChI=1S/C28H29BrN2O4/c1-31(2)27(33)28(19-20-7-4-3-5-8-20)25(21-9-13-23(29)14-10-21)35-26(30-28)22-11-15-24(16-12-22)34-18-6-17-32/h3-5,7-16,25,32H,6,17-19H2,1-2H3/t25-,28-/m1/s1. The Bertz CT molecular complexity index is 1160. The molecular formula is C28H29BrN2O4. The zero-order chi connectivity index (χ0) is 24.8. The number of nitrogens with zero attached hydrogens (tertiary/aromatic N) is 2. The third kappa shape index (κ3) is 5.57. The second-order valence-electron chi connectivity index (χ2n) is 8.70. The number of aliphatic imine (C=N–C) groups is 1. The van der Waals surface area contributed by atoms with Gasteiger partial charge in [-0.15, -0.1) is 0 Å². The molecule has 4 rings (SSSR count). The molecule has 2 atom stereocenters. The number of amides is 1. The summed E-state index contributed by atoms with van der Waals surface area (Å²) in [5.74, 6) is 1.00. The summed E-state index contributed by atoms with van der Waals surface area (Å²) >= 11 is 3.50. The lowest BCUT2D eigenvalue weighted by molar-refractivity contribution is -0.137. The van der Waals surface area contributed by atoms with E-state index in [2.05, 4.69) is 15.9 Å². The molecule has 0 bridgehead atoms. The maximum atomic E-state index is 13.8. The van der Waals surface area contributed by atoms with E-state index in [0.29, 0.717) is 31.1 Å². The van der Waals surface area contributed by atoms with Crippen LogP contribution in [0.2, 0.25) is 0 Å². The smallest absolute Gasteiger partial charge is 0.254 e. The van der Waals surface area contributed by atoms with Crippen molar-refractivity contribution in [3.63, 3.8) is 0 Å². The molecule has 0 saturated heterocycles. The van der Waals surface area contributed by atoms with Gasteiger partial charge in [0, 0.05) is 43.6 Å². The van der Waals surface area contributed by atoms with Crippen LogP contribution in [-0.2, 0) is 16.0 Å². The third-order valence-corrected chi connectivity index (χ3v) is 6.43. The van der Waals surface area contributed by atoms with Crippen LogP contribution >= 0.6 is 15.9 Å². The van der Waals surface area contributed by atoms with Gasteiger partial charge >= 0.3 is 0 Å². The minimum absolute atomic E-state index is 0.0869. The summed E-state index contributed by atoms with van der Waals surface area (Å²) in [5.41, 5.74) is 1.49. The quantitative estimate of drug-likeness (QED) is 0.399. The van der Waals surface area contributed by atoms with Crippen LogP contribution in [0.25, 0.3) is 0 Å². The Kier molecular flexibility index (Phi) is 7.88. The minimum Gasteiger partial charge on any atom is -0.494 e. The summed E-state index contributed by atoms with van der Waals surface area (Å²) in [7, 11) is 3.50. The van der Waals surface area contributed by atoms with E-state index in [-0.39, 0.29) is 12.5 Å². The molecule has 0 fully saturated rings. The molecule has 0 aliphatic carbocycles. The van der Waals surface area contributed by atoms with Crippen LogP contribution in [0, 0.1) is 0 Å². The predicted molar refractivity (Wildman–Crippen MR) is 140 cm³/mol. The van der Waals surface area contributed by atoms with Gasteiger partial charge in [0.05, 0.1) is 6.61 Å². The van der Waals surface area contributed by atoms with Crippen LogP contribution in [0.15, 0.2) is 88.3 Å². The Hall–Kier alpha value is -3.16. The van der Waals surface area contributed by atoms with Crippen molar-refractivity contribution in [2.45, 2.75) is 24.5 Å². The van der Waals surface area contributed by atoms with Crippen LogP contribution in [0.1, 0.15) is 29.2 Å². The number of rotatable bonds is 9. The van der Waals surface area contributed by atoms with Gasteiger partial charge in [0.25, 0.3) is 5.91 Å². The van der Waals surface area contributed by atoms with Gasteiger partial charge < -0.3 is 19.5 Å². The van der Waals surface area contributed by atoms with E-state index in [1.807, 2.05) is 78.9 Å². The van der Waals surface area contributed by atoms with Crippen molar-refractivity contribution in [3.8, 4) is 5.75 Å². The fraction of sp³-hybridized carbons (Fsp3) is 0.286. The van der Waals surface area contributed by atoms with Gasteiger partial charge in [0.1, 0.15) is 5.75 Å². The van der Waals surface area contributed by atoms with Crippen LogP contribution in [0.5, 0.6) is 5.75 Å². The van der Waals surface area contributed by atoms with Crippen molar-refractivity contribution in [1.29, 1.82) is 0 Å². The van der Waals surface area contributed by atoms with E-state index in [0.717, 1.165) is 21.2 Å². The Balaban J connectivity index is 1.76. The lowest BCUT2D eigenvalue weighted by atomic mass is 9.81. The average Bonchev–Trinajstić information content (AvgIpc) is 3.25. The van der Waals surface area contributed by atoms with Crippen LogP contribution in [0.3, 0.4) is 0 Å². The molecule has 1 amide bonds. The fourth-order valence-corrected chi connectivity index (χ4v) is 4.46. The van der Waals surface area contributed by atoms with Crippen molar-refractivity contribution in [2.75, 3.05) is 27.3 Å².